The predicted octanol–water partition coefficient (Wildman–Crippen LogP) is 3.82. The molecule has 0 amide bonds. The summed E-state index contributed by atoms with van der Waals surface area (Å²) in [6.07, 6.45) is 1.76. The third-order valence-corrected chi connectivity index (χ3v) is 3.51. The first-order chi connectivity index (χ1) is 8.25. The Morgan fingerprint density at radius 1 is 1.24 bits per heavy atom. The van der Waals surface area contributed by atoms with E-state index in [9.17, 15) is 4.79 Å². The summed E-state index contributed by atoms with van der Waals surface area (Å²) in [4.78, 5) is 11.7. The number of hydrogen-bond donors (Lipinski definition) is 1. The summed E-state index contributed by atoms with van der Waals surface area (Å²) in [5, 5.41) is 10.7. The monoisotopic (exact) mass is 246 g/mol. The zero-order chi connectivity index (χ0) is 12.1. The Morgan fingerprint density at radius 3 is 2.82 bits per heavy atom. The lowest BCUT2D eigenvalue weighted by molar-refractivity contribution is -0.137. The molecule has 0 atom stereocenters. The molecule has 17 heavy (non-hydrogen) atoms. The fourth-order valence-corrected chi connectivity index (χ4v) is 2.49. The Balaban J connectivity index is 2.04. The zero-order valence-corrected chi connectivity index (χ0v) is 10.2. The van der Waals surface area contributed by atoms with Crippen molar-refractivity contribution in [2.75, 3.05) is 0 Å². The van der Waals surface area contributed by atoms with Crippen molar-refractivity contribution in [3.8, 4) is 10.4 Å². The highest BCUT2D eigenvalue weighted by Crippen LogP contribution is 2.25. The molecule has 0 aliphatic carbocycles. The predicted molar refractivity (Wildman–Crippen MR) is 70.3 cm³/mol. The van der Waals surface area contributed by atoms with Crippen molar-refractivity contribution < 1.29 is 9.90 Å². The van der Waals surface area contributed by atoms with Crippen LogP contribution in [0.5, 0.6) is 0 Å². The van der Waals surface area contributed by atoms with Crippen molar-refractivity contribution in [2.24, 2.45) is 0 Å². The molecule has 0 bridgehead atoms. The third-order valence-electron chi connectivity index (χ3n) is 2.59. The van der Waals surface area contributed by atoms with E-state index in [0.29, 0.717) is 6.42 Å². The second-order valence-corrected chi connectivity index (χ2v) is 4.87. The number of benzene rings is 1. The maximum Gasteiger partial charge on any atom is 0.303 e. The Morgan fingerprint density at radius 2 is 2.12 bits per heavy atom. The first kappa shape index (κ1) is 11.9. The van der Waals surface area contributed by atoms with Crippen LogP contribution in [0.3, 0.4) is 0 Å². The fraction of sp³-hybridized carbons (Fsp3) is 0.214. The molecule has 0 saturated carbocycles. The van der Waals surface area contributed by atoms with E-state index in [-0.39, 0.29) is 6.42 Å². The van der Waals surface area contributed by atoms with Crippen LogP contribution in [0.25, 0.3) is 10.4 Å². The number of aliphatic carboxylic acids is 1. The lowest BCUT2D eigenvalue weighted by Crippen LogP contribution is -1.95. The zero-order valence-electron chi connectivity index (χ0n) is 9.43. The topological polar surface area (TPSA) is 37.3 Å². The quantitative estimate of drug-likeness (QED) is 0.870. The van der Waals surface area contributed by atoms with Gasteiger partial charge in [-0.05, 0) is 35.4 Å². The van der Waals surface area contributed by atoms with Gasteiger partial charge in [0, 0.05) is 11.3 Å². The van der Waals surface area contributed by atoms with Crippen molar-refractivity contribution in [3.63, 3.8) is 0 Å². The van der Waals surface area contributed by atoms with E-state index in [0.717, 1.165) is 6.42 Å². The third kappa shape index (κ3) is 3.43. The molecule has 0 fully saturated rings. The van der Waals surface area contributed by atoms with Gasteiger partial charge in [0.25, 0.3) is 0 Å². The number of aryl methyl sites for hydroxylation is 1. The van der Waals surface area contributed by atoms with Gasteiger partial charge in [-0.2, -0.15) is 0 Å². The van der Waals surface area contributed by atoms with Gasteiger partial charge in [0.05, 0.1) is 0 Å². The van der Waals surface area contributed by atoms with Gasteiger partial charge in [-0.15, -0.1) is 11.3 Å². The van der Waals surface area contributed by atoms with E-state index in [1.807, 2.05) is 12.1 Å². The van der Waals surface area contributed by atoms with Crippen LogP contribution in [0.4, 0.5) is 0 Å². The lowest BCUT2D eigenvalue weighted by Gasteiger charge is -2.03. The summed E-state index contributed by atoms with van der Waals surface area (Å²) < 4.78 is 0. The van der Waals surface area contributed by atoms with Crippen molar-refractivity contribution >= 4 is 17.3 Å². The summed E-state index contributed by atoms with van der Waals surface area (Å²) in [6.45, 7) is 0. The molecule has 1 N–H and O–H groups in total. The summed E-state index contributed by atoms with van der Waals surface area (Å²) in [6, 6.07) is 12.5. The van der Waals surface area contributed by atoms with Crippen LogP contribution >= 0.6 is 11.3 Å². The molecular weight excluding hydrogens is 232 g/mol. The molecular formula is C14H14O2S. The number of hydrogen-bond acceptors (Lipinski definition) is 2. The summed E-state index contributed by atoms with van der Waals surface area (Å²) in [5.41, 5.74) is 2.42. The van der Waals surface area contributed by atoms with E-state index in [4.69, 9.17) is 5.11 Å². The SMILES string of the molecule is O=C(O)CCCc1cccc(-c2cccs2)c1. The molecule has 1 aromatic heterocycles. The van der Waals surface area contributed by atoms with Crippen LogP contribution in [0.2, 0.25) is 0 Å². The average Bonchev–Trinajstić information content (AvgIpc) is 2.82. The minimum absolute atomic E-state index is 0.239. The van der Waals surface area contributed by atoms with Crippen molar-refractivity contribution in [1.29, 1.82) is 0 Å². The number of carboxylic acids is 1. The molecule has 1 aromatic carbocycles. The maximum atomic E-state index is 10.4. The lowest BCUT2D eigenvalue weighted by atomic mass is 10.0. The number of thiophene rings is 1. The van der Waals surface area contributed by atoms with E-state index in [2.05, 4.69) is 29.6 Å². The van der Waals surface area contributed by atoms with Crippen molar-refractivity contribution in [1.82, 2.24) is 0 Å². The van der Waals surface area contributed by atoms with Crippen molar-refractivity contribution in [2.45, 2.75) is 19.3 Å². The molecule has 0 saturated heterocycles. The minimum Gasteiger partial charge on any atom is -0.481 e. The molecule has 1 heterocycles. The first-order valence-electron chi connectivity index (χ1n) is 5.60. The molecule has 3 heteroatoms. The summed E-state index contributed by atoms with van der Waals surface area (Å²) in [5.74, 6) is -0.723. The average molecular weight is 246 g/mol. The molecule has 0 unspecified atom stereocenters. The number of rotatable bonds is 5. The van der Waals surface area contributed by atoms with E-state index < -0.39 is 5.97 Å². The van der Waals surface area contributed by atoms with Gasteiger partial charge in [0.15, 0.2) is 0 Å². The van der Waals surface area contributed by atoms with Crippen LogP contribution in [-0.2, 0) is 11.2 Å². The normalized spacial score (nSPS) is 10.4. The Bertz CT molecular complexity index is 489. The molecule has 2 rings (SSSR count). The Labute approximate surface area is 105 Å². The second-order valence-electron chi connectivity index (χ2n) is 3.92. The van der Waals surface area contributed by atoms with Gasteiger partial charge in [0.2, 0.25) is 0 Å². The molecule has 2 nitrogen and oxygen atoms in total. The van der Waals surface area contributed by atoms with Gasteiger partial charge in [-0.25, -0.2) is 0 Å². The van der Waals surface area contributed by atoms with Crippen LogP contribution < -0.4 is 0 Å². The van der Waals surface area contributed by atoms with E-state index >= 15 is 0 Å². The first-order valence-corrected chi connectivity index (χ1v) is 6.48. The highest BCUT2D eigenvalue weighted by Gasteiger charge is 2.01. The standard InChI is InChI=1S/C14H14O2S/c15-14(16)8-2-5-11-4-1-6-12(10-11)13-7-3-9-17-13/h1,3-4,6-7,9-10H,2,5,8H2,(H,15,16). The van der Waals surface area contributed by atoms with Crippen LogP contribution in [0.15, 0.2) is 41.8 Å². The highest BCUT2D eigenvalue weighted by atomic mass is 32.1. The number of carbonyl (C=O) groups is 1. The molecule has 0 radical (unpaired) electrons. The fourth-order valence-electron chi connectivity index (χ4n) is 1.77. The number of carboxylic acid groups (broad SMARTS) is 1. The van der Waals surface area contributed by atoms with E-state index in [1.165, 1.54) is 16.0 Å². The van der Waals surface area contributed by atoms with Gasteiger partial charge in [-0.3, -0.25) is 4.79 Å². The maximum absolute atomic E-state index is 10.4. The van der Waals surface area contributed by atoms with Crippen LogP contribution in [-0.4, -0.2) is 11.1 Å². The molecule has 88 valence electrons. The largest absolute Gasteiger partial charge is 0.481 e. The van der Waals surface area contributed by atoms with Crippen LogP contribution in [0, 0.1) is 0 Å². The highest BCUT2D eigenvalue weighted by molar-refractivity contribution is 7.13. The van der Waals surface area contributed by atoms with Crippen molar-refractivity contribution in [3.05, 3.63) is 47.3 Å². The Hall–Kier alpha value is -1.61. The molecule has 0 aliphatic heterocycles. The van der Waals surface area contributed by atoms with E-state index in [1.54, 1.807) is 11.3 Å². The molecule has 0 aliphatic rings. The molecule has 2 aromatic rings. The van der Waals surface area contributed by atoms with Gasteiger partial charge in [-0.1, -0.05) is 30.3 Å². The second kappa shape index (κ2) is 5.64. The summed E-state index contributed by atoms with van der Waals surface area (Å²) >= 11 is 1.72. The summed E-state index contributed by atoms with van der Waals surface area (Å²) in [7, 11) is 0. The minimum atomic E-state index is -0.723. The van der Waals surface area contributed by atoms with Gasteiger partial charge >= 0.3 is 5.97 Å². The molecule has 0 spiro atoms. The smallest absolute Gasteiger partial charge is 0.303 e. The van der Waals surface area contributed by atoms with Gasteiger partial charge < -0.3 is 5.11 Å². The Kier molecular flexibility index (Phi) is 3.94. The van der Waals surface area contributed by atoms with Gasteiger partial charge in [0.1, 0.15) is 0 Å². The van der Waals surface area contributed by atoms with Crippen LogP contribution in [0.1, 0.15) is 18.4 Å².